The van der Waals surface area contributed by atoms with E-state index in [0.29, 0.717) is 25.9 Å². The van der Waals surface area contributed by atoms with Gasteiger partial charge in [-0.05, 0) is 23.8 Å². The fourth-order valence-corrected chi connectivity index (χ4v) is 2.86. The summed E-state index contributed by atoms with van der Waals surface area (Å²) in [4.78, 5) is 23.9. The molecule has 1 N–H and O–H groups in total. The van der Waals surface area contributed by atoms with Gasteiger partial charge in [-0.2, -0.15) is 0 Å². The number of carbonyl (C=O) groups excluding carboxylic acids is 2. The Morgan fingerprint density at radius 1 is 1.30 bits per heavy atom. The zero-order valence-electron chi connectivity index (χ0n) is 12.0. The molecule has 2 unspecified atom stereocenters. The summed E-state index contributed by atoms with van der Waals surface area (Å²) in [6.45, 7) is 2.57. The van der Waals surface area contributed by atoms with Crippen LogP contribution in [0.2, 0.25) is 0 Å². The summed E-state index contributed by atoms with van der Waals surface area (Å²) in [6, 6.07) is 9.92. The van der Waals surface area contributed by atoms with Crippen LogP contribution in [0.15, 0.2) is 30.3 Å². The first-order chi connectivity index (χ1) is 9.55. The Bertz CT molecular complexity index is 486. The second-order valence-corrected chi connectivity index (χ2v) is 5.73. The molecular formula is C16H21NO3. The Hall–Kier alpha value is -1.68. The molecule has 0 aromatic heterocycles. The van der Waals surface area contributed by atoms with Gasteiger partial charge in [0, 0.05) is 26.1 Å². The molecule has 1 saturated heterocycles. The Morgan fingerprint density at radius 3 is 2.65 bits per heavy atom. The molecule has 0 saturated carbocycles. The summed E-state index contributed by atoms with van der Waals surface area (Å²) >= 11 is 0. The first-order valence-corrected chi connectivity index (χ1v) is 6.92. The van der Waals surface area contributed by atoms with Crippen LogP contribution in [-0.4, -0.2) is 25.5 Å². The molecule has 4 heteroatoms. The standard InChI is InChI=1S/C16H21NO3/c1-16(8-9-20-2)11-14(18)17-15(19)13(16)10-12-6-4-3-5-7-12/h3-7,13H,8-11H2,1-2H3,(H,17,18,19). The van der Waals surface area contributed by atoms with Crippen molar-refractivity contribution in [3.05, 3.63) is 35.9 Å². The minimum absolute atomic E-state index is 0.163. The number of piperidine rings is 1. The molecule has 2 atom stereocenters. The molecule has 4 nitrogen and oxygen atoms in total. The first-order valence-electron chi connectivity index (χ1n) is 6.92. The van der Waals surface area contributed by atoms with Gasteiger partial charge in [-0.3, -0.25) is 14.9 Å². The number of hydrogen-bond acceptors (Lipinski definition) is 3. The van der Waals surface area contributed by atoms with Crippen molar-refractivity contribution in [1.82, 2.24) is 5.32 Å². The number of carbonyl (C=O) groups is 2. The fourth-order valence-electron chi connectivity index (χ4n) is 2.86. The topological polar surface area (TPSA) is 55.4 Å². The van der Waals surface area contributed by atoms with Crippen molar-refractivity contribution in [2.24, 2.45) is 11.3 Å². The third-order valence-corrected chi connectivity index (χ3v) is 4.14. The summed E-state index contributed by atoms with van der Waals surface area (Å²) in [5, 5.41) is 2.46. The summed E-state index contributed by atoms with van der Waals surface area (Å²) in [6.07, 6.45) is 1.74. The Balaban J connectivity index is 2.20. The van der Waals surface area contributed by atoms with Crippen LogP contribution in [0.4, 0.5) is 0 Å². The van der Waals surface area contributed by atoms with Crippen LogP contribution in [0.5, 0.6) is 0 Å². The fraction of sp³-hybridized carbons (Fsp3) is 0.500. The lowest BCUT2D eigenvalue weighted by atomic mass is 9.67. The molecule has 1 aromatic carbocycles. The number of imide groups is 1. The third kappa shape index (κ3) is 3.25. The Labute approximate surface area is 119 Å². The number of nitrogens with one attached hydrogen (secondary N) is 1. The molecule has 1 fully saturated rings. The van der Waals surface area contributed by atoms with Crippen LogP contribution in [0.1, 0.15) is 25.3 Å². The number of rotatable bonds is 5. The van der Waals surface area contributed by atoms with Gasteiger partial charge in [-0.25, -0.2) is 0 Å². The van der Waals surface area contributed by atoms with E-state index in [1.807, 2.05) is 37.3 Å². The maximum Gasteiger partial charge on any atom is 0.230 e. The van der Waals surface area contributed by atoms with Gasteiger partial charge in [-0.15, -0.1) is 0 Å². The molecule has 1 aliphatic rings. The van der Waals surface area contributed by atoms with E-state index < -0.39 is 0 Å². The quantitative estimate of drug-likeness (QED) is 0.835. The van der Waals surface area contributed by atoms with Gasteiger partial charge in [-0.1, -0.05) is 37.3 Å². The largest absolute Gasteiger partial charge is 0.385 e. The zero-order chi connectivity index (χ0) is 14.6. The van der Waals surface area contributed by atoms with Gasteiger partial charge in [0.2, 0.25) is 11.8 Å². The van der Waals surface area contributed by atoms with Crippen molar-refractivity contribution in [3.63, 3.8) is 0 Å². The molecule has 2 amide bonds. The molecule has 1 heterocycles. The molecule has 0 aliphatic carbocycles. The number of hydrogen-bond donors (Lipinski definition) is 1. The van der Waals surface area contributed by atoms with Gasteiger partial charge in [0.15, 0.2) is 0 Å². The third-order valence-electron chi connectivity index (χ3n) is 4.14. The molecule has 1 aromatic rings. The van der Waals surface area contributed by atoms with E-state index in [0.717, 1.165) is 5.56 Å². The summed E-state index contributed by atoms with van der Waals surface area (Å²) in [5.41, 5.74) is 0.774. The number of methoxy groups -OCH3 is 1. The normalized spacial score (nSPS) is 26.4. The summed E-state index contributed by atoms with van der Waals surface area (Å²) < 4.78 is 5.14. The van der Waals surface area contributed by atoms with Crippen LogP contribution in [0.25, 0.3) is 0 Å². The minimum Gasteiger partial charge on any atom is -0.385 e. The highest BCUT2D eigenvalue weighted by Crippen LogP contribution is 2.39. The van der Waals surface area contributed by atoms with Crippen LogP contribution < -0.4 is 5.32 Å². The van der Waals surface area contributed by atoms with E-state index in [9.17, 15) is 9.59 Å². The van der Waals surface area contributed by atoms with Gasteiger partial charge in [0.25, 0.3) is 0 Å². The Kier molecular flexibility index (Phi) is 4.55. The lowest BCUT2D eigenvalue weighted by Gasteiger charge is -2.39. The summed E-state index contributed by atoms with van der Waals surface area (Å²) in [7, 11) is 1.64. The minimum atomic E-state index is -0.342. The van der Waals surface area contributed by atoms with Crippen molar-refractivity contribution in [3.8, 4) is 0 Å². The van der Waals surface area contributed by atoms with Crippen LogP contribution in [0, 0.1) is 11.3 Å². The monoisotopic (exact) mass is 275 g/mol. The van der Waals surface area contributed by atoms with Crippen LogP contribution in [0.3, 0.4) is 0 Å². The van der Waals surface area contributed by atoms with Gasteiger partial charge in [0.1, 0.15) is 0 Å². The molecule has 20 heavy (non-hydrogen) atoms. The van der Waals surface area contributed by atoms with Crippen LogP contribution in [-0.2, 0) is 20.7 Å². The highest BCUT2D eigenvalue weighted by Gasteiger charge is 2.44. The highest BCUT2D eigenvalue weighted by molar-refractivity contribution is 5.99. The van der Waals surface area contributed by atoms with Crippen LogP contribution >= 0.6 is 0 Å². The predicted octanol–water partition coefficient (Wildman–Crippen LogP) is 1.93. The maximum atomic E-state index is 12.2. The van der Waals surface area contributed by atoms with E-state index in [1.165, 1.54) is 0 Å². The Morgan fingerprint density at radius 2 is 2.00 bits per heavy atom. The molecule has 0 radical (unpaired) electrons. The highest BCUT2D eigenvalue weighted by atomic mass is 16.5. The number of amides is 2. The van der Waals surface area contributed by atoms with Crippen molar-refractivity contribution in [2.45, 2.75) is 26.2 Å². The molecule has 0 spiro atoms. The van der Waals surface area contributed by atoms with Gasteiger partial charge >= 0.3 is 0 Å². The SMILES string of the molecule is COCCC1(C)CC(=O)NC(=O)C1Cc1ccccc1. The number of ether oxygens (including phenoxy) is 1. The summed E-state index contributed by atoms with van der Waals surface area (Å²) in [5.74, 6) is -0.542. The lowest BCUT2D eigenvalue weighted by molar-refractivity contribution is -0.143. The van der Waals surface area contributed by atoms with Crippen molar-refractivity contribution in [1.29, 1.82) is 0 Å². The van der Waals surface area contributed by atoms with E-state index in [4.69, 9.17) is 4.74 Å². The molecule has 0 bridgehead atoms. The second-order valence-electron chi connectivity index (χ2n) is 5.73. The average molecular weight is 275 g/mol. The predicted molar refractivity (Wildman–Crippen MR) is 76.0 cm³/mol. The first kappa shape index (κ1) is 14.7. The van der Waals surface area contributed by atoms with E-state index in [2.05, 4.69) is 5.32 Å². The van der Waals surface area contributed by atoms with Crippen molar-refractivity contribution < 1.29 is 14.3 Å². The number of benzene rings is 1. The smallest absolute Gasteiger partial charge is 0.230 e. The van der Waals surface area contributed by atoms with E-state index >= 15 is 0 Å². The van der Waals surface area contributed by atoms with Gasteiger partial charge < -0.3 is 4.74 Å². The molecule has 2 rings (SSSR count). The zero-order valence-corrected chi connectivity index (χ0v) is 12.0. The van der Waals surface area contributed by atoms with Crippen molar-refractivity contribution in [2.75, 3.05) is 13.7 Å². The maximum absolute atomic E-state index is 12.2. The van der Waals surface area contributed by atoms with Crippen molar-refractivity contribution >= 4 is 11.8 Å². The second kappa shape index (κ2) is 6.18. The molecule has 108 valence electrons. The molecule has 1 aliphatic heterocycles. The molecular weight excluding hydrogens is 254 g/mol. The average Bonchev–Trinajstić information content (AvgIpc) is 2.42. The van der Waals surface area contributed by atoms with Gasteiger partial charge in [0.05, 0.1) is 0 Å². The van der Waals surface area contributed by atoms with E-state index in [1.54, 1.807) is 7.11 Å². The lowest BCUT2D eigenvalue weighted by Crippen LogP contribution is -2.52. The van der Waals surface area contributed by atoms with E-state index in [-0.39, 0.29) is 23.1 Å².